The fourth-order valence-corrected chi connectivity index (χ4v) is 3.55. The molecule has 1 N–H and O–H groups in total. The number of hydrogen-bond donors (Lipinski definition) is 1. The van der Waals surface area contributed by atoms with Crippen LogP contribution >= 0.6 is 0 Å². The maximum absolute atomic E-state index is 12.0. The first-order valence-corrected chi connectivity index (χ1v) is 8.52. The summed E-state index contributed by atoms with van der Waals surface area (Å²) in [6.07, 6.45) is 2.82. The van der Waals surface area contributed by atoms with Crippen molar-refractivity contribution in [3.8, 4) is 0 Å². The Morgan fingerprint density at radius 3 is 2.75 bits per heavy atom. The van der Waals surface area contributed by atoms with Gasteiger partial charge in [0, 0.05) is 19.1 Å². The number of β-amino-alcohol motifs (C(OH)–C–C–N with tert-alkyl or cyclic N) is 1. The molecule has 0 spiro atoms. The fraction of sp³-hybridized carbons (Fsp3) is 0.833. The van der Waals surface area contributed by atoms with Gasteiger partial charge in [0.25, 0.3) is 0 Å². The lowest BCUT2D eigenvalue weighted by atomic mass is 9.91. The van der Waals surface area contributed by atoms with Gasteiger partial charge < -0.3 is 5.11 Å². The number of aromatic nitrogens is 3. The summed E-state index contributed by atoms with van der Waals surface area (Å²) in [5.74, 6) is 0.0434. The number of nitrogens with zero attached hydrogens (tertiary/aromatic N) is 4. The van der Waals surface area contributed by atoms with Crippen LogP contribution in [0.4, 0.5) is 0 Å². The van der Waals surface area contributed by atoms with Gasteiger partial charge in [-0.05, 0) is 33.6 Å². The summed E-state index contributed by atoms with van der Waals surface area (Å²) in [6, 6.07) is 0.152. The number of aliphatic hydroxyl groups is 1. The van der Waals surface area contributed by atoms with Gasteiger partial charge in [-0.3, -0.25) is 0 Å². The van der Waals surface area contributed by atoms with Crippen LogP contribution in [0.2, 0.25) is 0 Å². The summed E-state index contributed by atoms with van der Waals surface area (Å²) in [4.78, 5) is 0. The molecule has 2 heterocycles. The van der Waals surface area contributed by atoms with E-state index >= 15 is 0 Å². The van der Waals surface area contributed by atoms with Crippen molar-refractivity contribution in [3.05, 3.63) is 11.9 Å². The highest BCUT2D eigenvalue weighted by Gasteiger charge is 2.40. The molecule has 2 rings (SSSR count). The number of rotatable bonds is 4. The summed E-state index contributed by atoms with van der Waals surface area (Å²) in [5, 5.41) is 18.7. The predicted molar refractivity (Wildman–Crippen MR) is 74.6 cm³/mol. The Labute approximate surface area is 119 Å². The second-order valence-electron chi connectivity index (χ2n) is 5.55. The van der Waals surface area contributed by atoms with Crippen LogP contribution in [-0.4, -0.2) is 51.7 Å². The Balaban J connectivity index is 2.25. The van der Waals surface area contributed by atoms with E-state index in [4.69, 9.17) is 0 Å². The molecule has 1 aromatic heterocycles. The van der Waals surface area contributed by atoms with Crippen molar-refractivity contribution in [2.75, 3.05) is 18.8 Å². The molecule has 1 aliphatic heterocycles. The number of piperidine rings is 1. The minimum absolute atomic E-state index is 0.0434. The first kappa shape index (κ1) is 15.4. The van der Waals surface area contributed by atoms with Gasteiger partial charge >= 0.3 is 0 Å². The van der Waals surface area contributed by atoms with Crippen molar-refractivity contribution in [1.29, 1.82) is 0 Å². The van der Waals surface area contributed by atoms with Crippen LogP contribution in [0, 0.1) is 0 Å². The van der Waals surface area contributed by atoms with Gasteiger partial charge in [-0.25, -0.2) is 13.1 Å². The molecule has 0 radical (unpaired) electrons. The monoisotopic (exact) mass is 302 g/mol. The Morgan fingerprint density at radius 1 is 1.50 bits per heavy atom. The first-order chi connectivity index (χ1) is 9.28. The largest absolute Gasteiger partial charge is 0.382 e. The molecule has 0 saturated carbocycles. The van der Waals surface area contributed by atoms with Crippen molar-refractivity contribution in [2.45, 2.75) is 45.3 Å². The highest BCUT2D eigenvalue weighted by atomic mass is 32.2. The van der Waals surface area contributed by atoms with Crippen LogP contribution in [0.3, 0.4) is 0 Å². The topological polar surface area (TPSA) is 88.3 Å². The minimum atomic E-state index is -3.29. The molecule has 1 aromatic rings. The van der Waals surface area contributed by atoms with Gasteiger partial charge in [0.2, 0.25) is 10.0 Å². The zero-order valence-corrected chi connectivity index (χ0v) is 13.0. The van der Waals surface area contributed by atoms with E-state index in [0.29, 0.717) is 25.1 Å². The fourth-order valence-electron chi connectivity index (χ4n) is 2.37. The Kier molecular flexibility index (Phi) is 4.17. The van der Waals surface area contributed by atoms with Crippen LogP contribution in [0.1, 0.15) is 45.3 Å². The highest BCUT2D eigenvalue weighted by Crippen LogP contribution is 2.31. The second-order valence-corrected chi connectivity index (χ2v) is 7.80. The van der Waals surface area contributed by atoms with Crippen molar-refractivity contribution >= 4 is 10.0 Å². The first-order valence-electron chi connectivity index (χ1n) is 6.91. The normalized spacial score (nSPS) is 25.2. The quantitative estimate of drug-likeness (QED) is 0.874. The van der Waals surface area contributed by atoms with E-state index in [0.717, 1.165) is 0 Å². The zero-order chi connectivity index (χ0) is 15.0. The average molecular weight is 302 g/mol. The molecule has 0 aliphatic carbocycles. The predicted octanol–water partition coefficient (Wildman–Crippen LogP) is 0.492. The van der Waals surface area contributed by atoms with Gasteiger partial charge in [0.1, 0.15) is 11.3 Å². The van der Waals surface area contributed by atoms with E-state index in [1.54, 1.807) is 17.8 Å². The summed E-state index contributed by atoms with van der Waals surface area (Å²) in [5.41, 5.74) is -0.796. The van der Waals surface area contributed by atoms with Crippen LogP contribution in [0.25, 0.3) is 0 Å². The van der Waals surface area contributed by atoms with Gasteiger partial charge in [-0.2, -0.15) is 4.31 Å². The van der Waals surface area contributed by atoms with Gasteiger partial charge in [0.05, 0.1) is 11.9 Å². The third-order valence-corrected chi connectivity index (χ3v) is 5.54. The average Bonchev–Trinajstić information content (AvgIpc) is 2.89. The van der Waals surface area contributed by atoms with Crippen molar-refractivity contribution in [3.63, 3.8) is 0 Å². The van der Waals surface area contributed by atoms with Crippen molar-refractivity contribution in [2.24, 2.45) is 0 Å². The van der Waals surface area contributed by atoms with E-state index < -0.39 is 15.6 Å². The van der Waals surface area contributed by atoms with E-state index in [2.05, 4.69) is 10.3 Å². The number of hydrogen-bond acceptors (Lipinski definition) is 5. The lowest BCUT2D eigenvalue weighted by molar-refractivity contribution is -0.0161. The minimum Gasteiger partial charge on any atom is -0.382 e. The second kappa shape index (κ2) is 5.42. The zero-order valence-electron chi connectivity index (χ0n) is 12.2. The summed E-state index contributed by atoms with van der Waals surface area (Å²) in [7, 11) is -3.29. The van der Waals surface area contributed by atoms with Gasteiger partial charge in [-0.1, -0.05) is 5.21 Å². The third-order valence-electron chi connectivity index (χ3n) is 3.71. The molecule has 1 aliphatic rings. The Hall–Kier alpha value is -0.990. The maximum atomic E-state index is 12.0. The summed E-state index contributed by atoms with van der Waals surface area (Å²) >= 11 is 0. The molecule has 1 fully saturated rings. The molecule has 0 bridgehead atoms. The lowest BCUT2D eigenvalue weighted by Gasteiger charge is -2.36. The van der Waals surface area contributed by atoms with E-state index in [9.17, 15) is 13.5 Å². The van der Waals surface area contributed by atoms with Crippen molar-refractivity contribution in [1.82, 2.24) is 19.3 Å². The van der Waals surface area contributed by atoms with Gasteiger partial charge in [-0.15, -0.1) is 5.10 Å². The molecule has 20 heavy (non-hydrogen) atoms. The molecule has 8 heteroatoms. The SMILES string of the molecule is CCS(=O)(=O)N1CCC[C@@](O)(c2cn(C(C)C)nn2)C1. The highest BCUT2D eigenvalue weighted by molar-refractivity contribution is 7.89. The van der Waals surface area contributed by atoms with Crippen LogP contribution in [-0.2, 0) is 15.6 Å². The number of sulfonamides is 1. The molecule has 0 unspecified atom stereocenters. The standard InChI is InChI=1S/C12H22N4O3S/c1-4-20(18,19)15-7-5-6-12(17,9-15)11-8-16(10(2)3)14-13-11/h8,10,17H,4-7,9H2,1-3H3/t12-/m0/s1. The van der Waals surface area contributed by atoms with E-state index in [1.807, 2.05) is 13.8 Å². The molecular weight excluding hydrogens is 280 g/mol. The molecule has 7 nitrogen and oxygen atoms in total. The smallest absolute Gasteiger partial charge is 0.213 e. The van der Waals surface area contributed by atoms with Crippen molar-refractivity contribution < 1.29 is 13.5 Å². The van der Waals surface area contributed by atoms with E-state index in [-0.39, 0.29) is 18.3 Å². The molecule has 0 amide bonds. The Bertz CT molecular complexity index is 569. The van der Waals surface area contributed by atoms with Crippen LogP contribution < -0.4 is 0 Å². The molecule has 1 atom stereocenters. The molecule has 1 saturated heterocycles. The Morgan fingerprint density at radius 2 is 2.20 bits per heavy atom. The third kappa shape index (κ3) is 2.87. The summed E-state index contributed by atoms with van der Waals surface area (Å²) < 4.78 is 26.9. The summed E-state index contributed by atoms with van der Waals surface area (Å²) in [6.45, 7) is 6.06. The van der Waals surface area contributed by atoms with Crippen LogP contribution in [0.15, 0.2) is 6.20 Å². The van der Waals surface area contributed by atoms with E-state index in [1.165, 1.54) is 4.31 Å². The van der Waals surface area contributed by atoms with Crippen LogP contribution in [0.5, 0.6) is 0 Å². The molecule has 114 valence electrons. The lowest BCUT2D eigenvalue weighted by Crippen LogP contribution is -2.49. The molecular formula is C12H22N4O3S. The van der Waals surface area contributed by atoms with Gasteiger partial charge in [0.15, 0.2) is 0 Å². The maximum Gasteiger partial charge on any atom is 0.213 e. The molecule has 0 aromatic carbocycles.